The van der Waals surface area contributed by atoms with E-state index < -0.39 is 11.9 Å². The highest BCUT2D eigenvalue weighted by molar-refractivity contribution is 9.10. The molecular formula is C23H19BrO5. The number of halogens is 1. The Morgan fingerprint density at radius 2 is 1.62 bits per heavy atom. The van der Waals surface area contributed by atoms with Crippen molar-refractivity contribution in [2.45, 2.75) is 6.42 Å². The van der Waals surface area contributed by atoms with Gasteiger partial charge in [0.25, 0.3) is 0 Å². The Kier molecular flexibility index (Phi) is 7.03. The molecule has 0 fully saturated rings. The number of hydrogen-bond donors (Lipinski definition) is 0. The van der Waals surface area contributed by atoms with Crippen LogP contribution >= 0.6 is 15.9 Å². The van der Waals surface area contributed by atoms with Gasteiger partial charge in [0.1, 0.15) is 11.5 Å². The molecule has 0 unspecified atom stereocenters. The normalized spacial score (nSPS) is 10.3. The molecule has 0 amide bonds. The van der Waals surface area contributed by atoms with Crippen LogP contribution in [0.1, 0.15) is 26.3 Å². The van der Waals surface area contributed by atoms with E-state index in [4.69, 9.17) is 9.47 Å². The van der Waals surface area contributed by atoms with Crippen LogP contribution in [0.3, 0.4) is 0 Å². The molecule has 6 heteroatoms. The summed E-state index contributed by atoms with van der Waals surface area (Å²) in [6.07, 6.45) is 0.785. The lowest BCUT2D eigenvalue weighted by Crippen LogP contribution is -2.10. The van der Waals surface area contributed by atoms with E-state index in [1.165, 1.54) is 18.7 Å². The highest BCUT2D eigenvalue weighted by atomic mass is 79.9. The van der Waals surface area contributed by atoms with Gasteiger partial charge in [-0.15, -0.1) is 0 Å². The molecule has 0 saturated heterocycles. The number of esters is 2. The number of ether oxygens (including phenoxy) is 3. The van der Waals surface area contributed by atoms with Crippen molar-refractivity contribution in [2.24, 2.45) is 0 Å². The molecule has 3 aromatic rings. The molecule has 0 atom stereocenters. The minimum atomic E-state index is -0.538. The van der Waals surface area contributed by atoms with E-state index in [0.29, 0.717) is 28.0 Å². The van der Waals surface area contributed by atoms with Gasteiger partial charge < -0.3 is 14.2 Å². The van der Waals surface area contributed by atoms with Gasteiger partial charge in [-0.1, -0.05) is 36.4 Å². The van der Waals surface area contributed by atoms with E-state index in [1.54, 1.807) is 36.4 Å². The molecule has 0 aliphatic rings. The van der Waals surface area contributed by atoms with Crippen molar-refractivity contribution in [2.75, 3.05) is 13.7 Å². The topological polar surface area (TPSA) is 61.8 Å². The van der Waals surface area contributed by atoms with Gasteiger partial charge in [0, 0.05) is 6.42 Å². The van der Waals surface area contributed by atoms with Crippen molar-refractivity contribution in [3.05, 3.63) is 94.0 Å². The van der Waals surface area contributed by atoms with E-state index in [9.17, 15) is 9.59 Å². The van der Waals surface area contributed by atoms with Crippen molar-refractivity contribution in [3.8, 4) is 11.5 Å². The van der Waals surface area contributed by atoms with Crippen LogP contribution in [0.2, 0.25) is 0 Å². The average Bonchev–Trinajstić information content (AvgIpc) is 2.75. The summed E-state index contributed by atoms with van der Waals surface area (Å²) in [4.78, 5) is 24.0. The molecule has 0 aromatic heterocycles. The molecule has 0 N–H and O–H groups in total. The van der Waals surface area contributed by atoms with E-state index in [1.807, 2.05) is 30.3 Å². The fraction of sp³-hybridized carbons (Fsp3) is 0.130. The van der Waals surface area contributed by atoms with E-state index in [-0.39, 0.29) is 5.75 Å². The van der Waals surface area contributed by atoms with Crippen LogP contribution in [0, 0.1) is 0 Å². The summed E-state index contributed by atoms with van der Waals surface area (Å²) >= 11 is 3.43. The lowest BCUT2D eigenvalue weighted by molar-refractivity contribution is 0.0597. The molecule has 0 spiro atoms. The van der Waals surface area contributed by atoms with Crippen molar-refractivity contribution in [3.63, 3.8) is 0 Å². The van der Waals surface area contributed by atoms with Crippen molar-refractivity contribution in [1.29, 1.82) is 0 Å². The molecule has 3 aromatic carbocycles. The van der Waals surface area contributed by atoms with Gasteiger partial charge in [0.05, 0.1) is 29.3 Å². The maximum atomic E-state index is 12.4. The van der Waals surface area contributed by atoms with Gasteiger partial charge in [0.15, 0.2) is 0 Å². The van der Waals surface area contributed by atoms with Crippen LogP contribution in [0.4, 0.5) is 0 Å². The third-order valence-corrected chi connectivity index (χ3v) is 4.74. The Morgan fingerprint density at radius 1 is 0.862 bits per heavy atom. The largest absolute Gasteiger partial charge is 0.492 e. The highest BCUT2D eigenvalue weighted by Crippen LogP contribution is 2.27. The third-order valence-electron chi connectivity index (χ3n) is 4.12. The van der Waals surface area contributed by atoms with Crippen LogP contribution in [0.5, 0.6) is 11.5 Å². The standard InChI is InChI=1S/C23H19BrO5/c1-27-22(25)17-8-5-9-19(14-17)29-23(26)18-10-11-21(20(24)15-18)28-13-12-16-6-3-2-4-7-16/h2-11,14-15H,12-13H2,1H3. The number of hydrogen-bond acceptors (Lipinski definition) is 5. The second-order valence-corrected chi connectivity index (χ2v) is 6.99. The molecule has 0 heterocycles. The Morgan fingerprint density at radius 3 is 2.34 bits per heavy atom. The summed E-state index contributed by atoms with van der Waals surface area (Å²) in [5, 5.41) is 0. The Hall–Kier alpha value is -3.12. The van der Waals surface area contributed by atoms with E-state index in [2.05, 4.69) is 20.7 Å². The summed E-state index contributed by atoms with van der Waals surface area (Å²) < 4.78 is 16.5. The van der Waals surface area contributed by atoms with Gasteiger partial charge in [0.2, 0.25) is 0 Å². The minimum Gasteiger partial charge on any atom is -0.492 e. The first-order chi connectivity index (χ1) is 14.1. The van der Waals surface area contributed by atoms with Crippen LogP contribution in [0.25, 0.3) is 0 Å². The smallest absolute Gasteiger partial charge is 0.343 e. The summed E-state index contributed by atoms with van der Waals surface area (Å²) in [6, 6.07) is 21.3. The lowest BCUT2D eigenvalue weighted by Gasteiger charge is -2.10. The fourth-order valence-corrected chi connectivity index (χ4v) is 3.13. The predicted molar refractivity (Wildman–Crippen MR) is 113 cm³/mol. The summed E-state index contributed by atoms with van der Waals surface area (Å²) in [5.41, 5.74) is 1.86. The van der Waals surface area contributed by atoms with Crippen molar-refractivity contribution >= 4 is 27.9 Å². The molecular weight excluding hydrogens is 436 g/mol. The first-order valence-electron chi connectivity index (χ1n) is 8.93. The SMILES string of the molecule is COC(=O)c1cccc(OC(=O)c2ccc(OCCc3ccccc3)c(Br)c2)c1. The monoisotopic (exact) mass is 454 g/mol. The van der Waals surface area contributed by atoms with Gasteiger partial charge in [-0.3, -0.25) is 0 Å². The Bertz CT molecular complexity index is 1000. The van der Waals surface area contributed by atoms with E-state index >= 15 is 0 Å². The maximum absolute atomic E-state index is 12.4. The zero-order valence-electron chi connectivity index (χ0n) is 15.8. The lowest BCUT2D eigenvalue weighted by atomic mass is 10.2. The zero-order chi connectivity index (χ0) is 20.6. The fourth-order valence-electron chi connectivity index (χ4n) is 2.64. The van der Waals surface area contributed by atoms with Gasteiger partial charge in [-0.25, -0.2) is 9.59 Å². The van der Waals surface area contributed by atoms with Gasteiger partial charge in [-0.05, 0) is 57.9 Å². The summed E-state index contributed by atoms with van der Waals surface area (Å²) in [7, 11) is 1.29. The van der Waals surface area contributed by atoms with E-state index in [0.717, 1.165) is 6.42 Å². The van der Waals surface area contributed by atoms with Gasteiger partial charge in [-0.2, -0.15) is 0 Å². The molecule has 5 nitrogen and oxygen atoms in total. The van der Waals surface area contributed by atoms with Crippen LogP contribution in [0.15, 0.2) is 77.3 Å². The first-order valence-corrected chi connectivity index (χ1v) is 9.73. The minimum absolute atomic E-state index is 0.261. The molecule has 0 radical (unpaired) electrons. The Labute approximate surface area is 177 Å². The van der Waals surface area contributed by atoms with Crippen LogP contribution < -0.4 is 9.47 Å². The van der Waals surface area contributed by atoms with Crippen molar-refractivity contribution < 1.29 is 23.8 Å². The second kappa shape index (κ2) is 9.89. The first kappa shape index (κ1) is 20.6. The molecule has 29 heavy (non-hydrogen) atoms. The quantitative estimate of drug-likeness (QED) is 0.368. The molecule has 3 rings (SSSR count). The number of carbonyl (C=O) groups is 2. The third kappa shape index (κ3) is 5.68. The van der Waals surface area contributed by atoms with Gasteiger partial charge >= 0.3 is 11.9 Å². The number of carbonyl (C=O) groups excluding carboxylic acids is 2. The number of benzene rings is 3. The summed E-state index contributed by atoms with van der Waals surface area (Å²) in [5.74, 6) is -0.131. The zero-order valence-corrected chi connectivity index (χ0v) is 17.3. The molecule has 0 aliphatic carbocycles. The van der Waals surface area contributed by atoms with Crippen molar-refractivity contribution in [1.82, 2.24) is 0 Å². The van der Waals surface area contributed by atoms with Crippen LogP contribution in [-0.2, 0) is 11.2 Å². The Balaban J connectivity index is 1.62. The highest BCUT2D eigenvalue weighted by Gasteiger charge is 2.13. The average molecular weight is 455 g/mol. The molecule has 0 aliphatic heterocycles. The number of methoxy groups -OCH3 is 1. The van der Waals surface area contributed by atoms with Crippen LogP contribution in [-0.4, -0.2) is 25.7 Å². The summed E-state index contributed by atoms with van der Waals surface area (Å²) in [6.45, 7) is 0.521. The second-order valence-electron chi connectivity index (χ2n) is 6.14. The molecule has 0 saturated carbocycles. The molecule has 0 bridgehead atoms. The number of rotatable bonds is 7. The maximum Gasteiger partial charge on any atom is 0.343 e. The predicted octanol–water partition coefficient (Wildman–Crippen LogP) is 5.08. The molecule has 148 valence electrons.